The number of imidazole rings is 1. The van der Waals surface area contributed by atoms with Crippen molar-refractivity contribution in [3.8, 4) is 0 Å². The predicted octanol–water partition coefficient (Wildman–Crippen LogP) is 3.72. The number of halogens is 1. The van der Waals surface area contributed by atoms with Crippen LogP contribution in [0.5, 0.6) is 0 Å². The first-order chi connectivity index (χ1) is 10.3. The lowest BCUT2D eigenvalue weighted by atomic mass is 10.0. The first-order valence-corrected chi connectivity index (χ1v) is 7.74. The van der Waals surface area contributed by atoms with Gasteiger partial charge in [-0.15, -0.1) is 0 Å². The molecule has 0 fully saturated rings. The summed E-state index contributed by atoms with van der Waals surface area (Å²) in [5.74, 6) is 0.850. The number of benzene rings is 1. The Morgan fingerprint density at radius 3 is 2.76 bits per heavy atom. The predicted molar refractivity (Wildman–Crippen MR) is 83.7 cm³/mol. The molecule has 0 saturated carbocycles. The molecule has 0 saturated heterocycles. The van der Waals surface area contributed by atoms with Crippen LogP contribution >= 0.6 is 0 Å². The zero-order chi connectivity index (χ0) is 15.1. The van der Waals surface area contributed by atoms with Gasteiger partial charge >= 0.3 is 0 Å². The fraction of sp³-hybridized carbons (Fsp3) is 0.471. The lowest BCUT2D eigenvalue weighted by molar-refractivity contribution is 0.467. The summed E-state index contributed by atoms with van der Waals surface area (Å²) in [5, 5.41) is 3.50. The van der Waals surface area contributed by atoms with Crippen LogP contribution in [-0.4, -0.2) is 16.1 Å². The summed E-state index contributed by atoms with van der Waals surface area (Å²) in [7, 11) is 0. The van der Waals surface area contributed by atoms with E-state index >= 15 is 0 Å². The highest BCUT2D eigenvalue weighted by atomic mass is 19.1. The van der Waals surface area contributed by atoms with Gasteiger partial charge < -0.3 is 9.88 Å². The standard InChI is InChI=1S/C17H24FN3/c1-3-9-19-16(13-14-7-5-6-8-15(14)18)17-20-10-12-21(17)11-4-2/h5-8,10,12,16,19H,3-4,9,11,13H2,1-2H3. The van der Waals surface area contributed by atoms with Crippen molar-refractivity contribution in [2.75, 3.05) is 6.54 Å². The van der Waals surface area contributed by atoms with E-state index < -0.39 is 0 Å². The third-order valence-electron chi connectivity index (χ3n) is 3.55. The number of aromatic nitrogens is 2. The van der Waals surface area contributed by atoms with E-state index in [9.17, 15) is 4.39 Å². The van der Waals surface area contributed by atoms with Crippen LogP contribution in [0.3, 0.4) is 0 Å². The van der Waals surface area contributed by atoms with Crippen LogP contribution in [0.4, 0.5) is 4.39 Å². The fourth-order valence-electron chi connectivity index (χ4n) is 2.52. The van der Waals surface area contributed by atoms with Gasteiger partial charge in [0.05, 0.1) is 6.04 Å². The maximum Gasteiger partial charge on any atom is 0.126 e. The van der Waals surface area contributed by atoms with Crippen molar-refractivity contribution < 1.29 is 4.39 Å². The van der Waals surface area contributed by atoms with Gasteiger partial charge in [0.25, 0.3) is 0 Å². The van der Waals surface area contributed by atoms with Crippen molar-refractivity contribution in [1.29, 1.82) is 0 Å². The van der Waals surface area contributed by atoms with Gasteiger partial charge in [0, 0.05) is 18.9 Å². The van der Waals surface area contributed by atoms with Crippen molar-refractivity contribution >= 4 is 0 Å². The van der Waals surface area contributed by atoms with Crippen LogP contribution < -0.4 is 5.32 Å². The summed E-state index contributed by atoms with van der Waals surface area (Å²) in [6.45, 7) is 6.12. The molecule has 0 aliphatic rings. The highest BCUT2D eigenvalue weighted by molar-refractivity contribution is 5.20. The fourth-order valence-corrected chi connectivity index (χ4v) is 2.52. The van der Waals surface area contributed by atoms with Crippen molar-refractivity contribution in [3.63, 3.8) is 0 Å². The first kappa shape index (κ1) is 15.7. The summed E-state index contributed by atoms with van der Waals surface area (Å²) >= 11 is 0. The van der Waals surface area contributed by atoms with Gasteiger partial charge in [-0.2, -0.15) is 0 Å². The molecule has 2 aromatic rings. The second-order valence-electron chi connectivity index (χ2n) is 5.28. The third kappa shape index (κ3) is 4.14. The van der Waals surface area contributed by atoms with E-state index in [4.69, 9.17) is 0 Å². The van der Waals surface area contributed by atoms with E-state index in [1.54, 1.807) is 6.07 Å². The molecule has 2 rings (SSSR count). The maximum absolute atomic E-state index is 13.9. The minimum atomic E-state index is -0.144. The van der Waals surface area contributed by atoms with Crippen LogP contribution in [0, 0.1) is 5.82 Å². The molecule has 21 heavy (non-hydrogen) atoms. The quantitative estimate of drug-likeness (QED) is 0.802. The number of rotatable bonds is 8. The van der Waals surface area contributed by atoms with Crippen molar-refractivity contribution in [3.05, 3.63) is 53.9 Å². The summed E-state index contributed by atoms with van der Waals surface area (Å²) in [5.41, 5.74) is 0.733. The van der Waals surface area contributed by atoms with Crippen molar-refractivity contribution in [2.45, 2.75) is 45.7 Å². The van der Waals surface area contributed by atoms with Crippen LogP contribution in [-0.2, 0) is 13.0 Å². The van der Waals surface area contributed by atoms with Gasteiger partial charge in [-0.1, -0.05) is 32.0 Å². The highest BCUT2D eigenvalue weighted by Gasteiger charge is 2.18. The van der Waals surface area contributed by atoms with Crippen LogP contribution in [0.1, 0.15) is 44.1 Å². The molecule has 0 spiro atoms. The molecule has 0 aliphatic heterocycles. The van der Waals surface area contributed by atoms with Crippen LogP contribution in [0.25, 0.3) is 0 Å². The Kier molecular flexibility index (Phi) is 5.93. The smallest absolute Gasteiger partial charge is 0.126 e. The summed E-state index contributed by atoms with van der Waals surface area (Å²) < 4.78 is 16.1. The molecule has 1 aromatic carbocycles. The molecule has 0 aliphatic carbocycles. The number of hydrogen-bond acceptors (Lipinski definition) is 2. The molecule has 3 nitrogen and oxygen atoms in total. The van der Waals surface area contributed by atoms with E-state index in [1.807, 2.05) is 24.5 Å². The Balaban J connectivity index is 2.21. The van der Waals surface area contributed by atoms with E-state index in [0.717, 1.165) is 37.3 Å². The zero-order valence-corrected chi connectivity index (χ0v) is 12.8. The maximum atomic E-state index is 13.9. The molecule has 0 bridgehead atoms. The molecular weight excluding hydrogens is 265 g/mol. The van der Waals surface area contributed by atoms with Gasteiger partial charge in [-0.3, -0.25) is 0 Å². The third-order valence-corrected chi connectivity index (χ3v) is 3.55. The minimum Gasteiger partial charge on any atom is -0.334 e. The number of nitrogens with one attached hydrogen (secondary N) is 1. The Morgan fingerprint density at radius 2 is 2.05 bits per heavy atom. The molecule has 0 radical (unpaired) electrons. The number of nitrogens with zero attached hydrogens (tertiary/aromatic N) is 2. The second kappa shape index (κ2) is 7.93. The molecule has 0 amide bonds. The summed E-state index contributed by atoms with van der Waals surface area (Å²) in [6.07, 6.45) is 6.55. The molecule has 1 aromatic heterocycles. The van der Waals surface area contributed by atoms with E-state index in [1.165, 1.54) is 6.07 Å². The molecule has 1 unspecified atom stereocenters. The summed E-state index contributed by atoms with van der Waals surface area (Å²) in [6, 6.07) is 7.02. The van der Waals surface area contributed by atoms with Gasteiger partial charge in [0.15, 0.2) is 0 Å². The Morgan fingerprint density at radius 1 is 1.24 bits per heavy atom. The van der Waals surface area contributed by atoms with Gasteiger partial charge in [0.2, 0.25) is 0 Å². The zero-order valence-electron chi connectivity index (χ0n) is 12.8. The van der Waals surface area contributed by atoms with Crippen molar-refractivity contribution in [1.82, 2.24) is 14.9 Å². The number of hydrogen-bond donors (Lipinski definition) is 1. The molecular formula is C17H24FN3. The van der Waals surface area contributed by atoms with Crippen molar-refractivity contribution in [2.24, 2.45) is 0 Å². The second-order valence-corrected chi connectivity index (χ2v) is 5.28. The SMILES string of the molecule is CCCNC(Cc1ccccc1F)c1nccn1CCC. The Labute approximate surface area is 126 Å². The minimum absolute atomic E-state index is 0.0448. The molecule has 114 valence electrons. The molecule has 1 N–H and O–H groups in total. The average molecular weight is 289 g/mol. The number of aryl methyl sites for hydroxylation is 1. The van der Waals surface area contributed by atoms with Gasteiger partial charge in [-0.05, 0) is 37.4 Å². The topological polar surface area (TPSA) is 29.9 Å². The van der Waals surface area contributed by atoms with E-state index in [0.29, 0.717) is 6.42 Å². The largest absolute Gasteiger partial charge is 0.334 e. The van der Waals surface area contributed by atoms with E-state index in [-0.39, 0.29) is 11.9 Å². The van der Waals surface area contributed by atoms with E-state index in [2.05, 4.69) is 28.7 Å². The summed E-state index contributed by atoms with van der Waals surface area (Å²) in [4.78, 5) is 4.49. The average Bonchev–Trinajstić information content (AvgIpc) is 2.94. The Hall–Kier alpha value is -1.68. The van der Waals surface area contributed by atoms with Gasteiger partial charge in [-0.25, -0.2) is 9.37 Å². The lowest BCUT2D eigenvalue weighted by Crippen LogP contribution is -2.27. The monoisotopic (exact) mass is 289 g/mol. The molecule has 1 atom stereocenters. The normalized spacial score (nSPS) is 12.5. The first-order valence-electron chi connectivity index (χ1n) is 7.74. The van der Waals surface area contributed by atoms with Crippen LogP contribution in [0.2, 0.25) is 0 Å². The Bertz CT molecular complexity index is 550. The lowest BCUT2D eigenvalue weighted by Gasteiger charge is -2.20. The molecule has 4 heteroatoms. The van der Waals surface area contributed by atoms with Gasteiger partial charge in [0.1, 0.15) is 11.6 Å². The highest BCUT2D eigenvalue weighted by Crippen LogP contribution is 2.19. The molecule has 1 heterocycles. The van der Waals surface area contributed by atoms with Crippen LogP contribution in [0.15, 0.2) is 36.7 Å².